The van der Waals surface area contributed by atoms with Crippen LogP contribution >= 0.6 is 11.8 Å². The third kappa shape index (κ3) is 4.73. The maximum absolute atomic E-state index is 11.9. The number of hydrogen-bond donors (Lipinski definition) is 1. The minimum Gasteiger partial charge on any atom is -0.492 e. The first-order chi connectivity index (χ1) is 11.8. The molecule has 1 amide bonds. The van der Waals surface area contributed by atoms with Crippen LogP contribution in [-0.4, -0.2) is 29.8 Å². The lowest BCUT2D eigenvalue weighted by atomic mass is 10.2. The van der Waals surface area contributed by atoms with Crippen molar-refractivity contribution in [3.8, 4) is 5.75 Å². The molecule has 1 aromatic heterocycles. The summed E-state index contributed by atoms with van der Waals surface area (Å²) < 4.78 is 5.53. The minimum absolute atomic E-state index is 0.0216. The molecule has 3 rings (SSSR count). The highest BCUT2D eigenvalue weighted by Crippen LogP contribution is 2.19. The highest BCUT2D eigenvalue weighted by atomic mass is 32.2. The second-order valence-electron chi connectivity index (χ2n) is 5.14. The average molecular weight is 338 g/mol. The molecule has 0 saturated heterocycles. The van der Waals surface area contributed by atoms with Gasteiger partial charge in [-0.2, -0.15) is 0 Å². The van der Waals surface area contributed by atoms with E-state index in [0.29, 0.717) is 18.9 Å². The van der Waals surface area contributed by atoms with Gasteiger partial charge in [-0.05, 0) is 24.3 Å². The lowest BCUT2D eigenvalue weighted by molar-refractivity contribution is -0.118. The summed E-state index contributed by atoms with van der Waals surface area (Å²) in [5, 5.41) is 4.80. The van der Waals surface area contributed by atoms with Gasteiger partial charge in [0.15, 0.2) is 0 Å². The summed E-state index contributed by atoms with van der Waals surface area (Å²) in [7, 11) is 0. The number of nitrogens with one attached hydrogen (secondary N) is 1. The fourth-order valence-corrected chi connectivity index (χ4v) is 2.90. The number of aromatic nitrogens is 1. The summed E-state index contributed by atoms with van der Waals surface area (Å²) in [5.74, 6) is 1.13. The standard InChI is InChI=1S/C19H18N2O2S/c22-18(20-12-13-23-16-7-2-1-3-8-16)14-24-19-11-10-15-6-4-5-9-17(15)21-19/h1-11H,12-14H2,(H,20,22). The molecule has 0 unspecified atom stereocenters. The molecule has 24 heavy (non-hydrogen) atoms. The van der Waals surface area contributed by atoms with E-state index in [4.69, 9.17) is 4.74 Å². The molecule has 0 radical (unpaired) electrons. The maximum Gasteiger partial charge on any atom is 0.230 e. The van der Waals surface area contributed by atoms with Crippen LogP contribution in [0.4, 0.5) is 0 Å². The van der Waals surface area contributed by atoms with Crippen molar-refractivity contribution in [2.24, 2.45) is 0 Å². The number of pyridine rings is 1. The van der Waals surface area contributed by atoms with Crippen molar-refractivity contribution >= 4 is 28.6 Å². The van der Waals surface area contributed by atoms with Crippen LogP contribution in [0.15, 0.2) is 71.8 Å². The lowest BCUT2D eigenvalue weighted by Crippen LogP contribution is -2.29. The Morgan fingerprint density at radius 1 is 1.00 bits per heavy atom. The molecule has 0 spiro atoms. The molecule has 0 saturated carbocycles. The SMILES string of the molecule is O=C(CSc1ccc2ccccc2n1)NCCOc1ccccc1. The van der Waals surface area contributed by atoms with Gasteiger partial charge in [0.1, 0.15) is 12.4 Å². The Morgan fingerprint density at radius 2 is 1.79 bits per heavy atom. The Balaban J connectivity index is 1.40. The van der Waals surface area contributed by atoms with Crippen LogP contribution in [0.25, 0.3) is 10.9 Å². The van der Waals surface area contributed by atoms with Gasteiger partial charge in [-0.1, -0.05) is 54.2 Å². The second-order valence-corrected chi connectivity index (χ2v) is 6.14. The van der Waals surface area contributed by atoms with Crippen molar-refractivity contribution in [3.05, 3.63) is 66.7 Å². The number of carbonyl (C=O) groups excluding carboxylic acids is 1. The van der Waals surface area contributed by atoms with Crippen molar-refractivity contribution in [1.82, 2.24) is 10.3 Å². The summed E-state index contributed by atoms with van der Waals surface area (Å²) in [6, 6.07) is 21.5. The van der Waals surface area contributed by atoms with Gasteiger partial charge in [-0.3, -0.25) is 4.79 Å². The zero-order chi connectivity index (χ0) is 16.6. The smallest absolute Gasteiger partial charge is 0.230 e. The summed E-state index contributed by atoms with van der Waals surface area (Å²) in [6.45, 7) is 0.939. The molecule has 0 aliphatic carbocycles. The predicted molar refractivity (Wildman–Crippen MR) is 97.4 cm³/mol. The number of hydrogen-bond acceptors (Lipinski definition) is 4. The largest absolute Gasteiger partial charge is 0.492 e. The molecule has 1 N–H and O–H groups in total. The van der Waals surface area contributed by atoms with Crippen molar-refractivity contribution in [2.45, 2.75) is 5.03 Å². The average Bonchev–Trinajstić information content (AvgIpc) is 2.64. The molecule has 0 atom stereocenters. The maximum atomic E-state index is 11.9. The van der Waals surface area contributed by atoms with Crippen molar-refractivity contribution in [3.63, 3.8) is 0 Å². The topological polar surface area (TPSA) is 51.2 Å². The minimum atomic E-state index is -0.0216. The van der Waals surface area contributed by atoms with Crippen molar-refractivity contribution in [2.75, 3.05) is 18.9 Å². The van der Waals surface area contributed by atoms with E-state index < -0.39 is 0 Å². The van der Waals surface area contributed by atoms with Gasteiger partial charge in [0.2, 0.25) is 5.91 Å². The molecule has 0 aliphatic rings. The molecular formula is C19H18N2O2S. The number of fused-ring (bicyclic) bond motifs is 1. The molecule has 1 heterocycles. The van der Waals surface area contributed by atoms with E-state index in [1.165, 1.54) is 11.8 Å². The number of para-hydroxylation sites is 2. The first-order valence-electron chi connectivity index (χ1n) is 7.74. The quantitative estimate of drug-likeness (QED) is 0.529. The van der Waals surface area contributed by atoms with Gasteiger partial charge >= 0.3 is 0 Å². The molecule has 3 aromatic rings. The molecule has 4 nitrogen and oxygen atoms in total. The zero-order valence-corrected chi connectivity index (χ0v) is 14.0. The van der Waals surface area contributed by atoms with Crippen LogP contribution in [-0.2, 0) is 4.79 Å². The van der Waals surface area contributed by atoms with Crippen LogP contribution in [0.5, 0.6) is 5.75 Å². The fourth-order valence-electron chi connectivity index (χ4n) is 2.19. The highest BCUT2D eigenvalue weighted by molar-refractivity contribution is 7.99. The fraction of sp³-hybridized carbons (Fsp3) is 0.158. The number of nitrogens with zero attached hydrogens (tertiary/aromatic N) is 1. The molecular weight excluding hydrogens is 320 g/mol. The Kier molecular flexibility index (Phi) is 5.69. The van der Waals surface area contributed by atoms with Crippen LogP contribution in [0.3, 0.4) is 0 Å². The van der Waals surface area contributed by atoms with E-state index in [0.717, 1.165) is 21.7 Å². The molecule has 0 fully saturated rings. The van der Waals surface area contributed by atoms with Gasteiger partial charge < -0.3 is 10.1 Å². The first-order valence-corrected chi connectivity index (χ1v) is 8.73. The van der Waals surface area contributed by atoms with Crippen LogP contribution in [0.2, 0.25) is 0 Å². The van der Waals surface area contributed by atoms with Gasteiger partial charge in [0.25, 0.3) is 0 Å². The predicted octanol–water partition coefficient (Wildman–Crippen LogP) is 3.52. The van der Waals surface area contributed by atoms with E-state index >= 15 is 0 Å². The third-order valence-electron chi connectivity index (χ3n) is 3.36. The molecule has 0 bridgehead atoms. The molecule has 0 aliphatic heterocycles. The Morgan fingerprint density at radius 3 is 2.67 bits per heavy atom. The van der Waals surface area contributed by atoms with Crippen LogP contribution in [0.1, 0.15) is 0 Å². The number of benzene rings is 2. The summed E-state index contributed by atoms with van der Waals surface area (Å²) in [6.07, 6.45) is 0. The van der Waals surface area contributed by atoms with E-state index in [9.17, 15) is 4.79 Å². The highest BCUT2D eigenvalue weighted by Gasteiger charge is 2.04. The third-order valence-corrected chi connectivity index (χ3v) is 4.29. The normalized spacial score (nSPS) is 10.5. The number of rotatable bonds is 7. The summed E-state index contributed by atoms with van der Waals surface area (Å²) >= 11 is 1.43. The van der Waals surface area contributed by atoms with E-state index in [1.54, 1.807) is 0 Å². The van der Waals surface area contributed by atoms with Gasteiger partial charge in [-0.15, -0.1) is 0 Å². The van der Waals surface area contributed by atoms with Crippen molar-refractivity contribution in [1.29, 1.82) is 0 Å². The van der Waals surface area contributed by atoms with Gasteiger partial charge in [0.05, 0.1) is 22.8 Å². The molecule has 5 heteroatoms. The molecule has 2 aromatic carbocycles. The second kappa shape index (κ2) is 8.36. The summed E-state index contributed by atoms with van der Waals surface area (Å²) in [5.41, 5.74) is 0.944. The Labute approximate surface area is 145 Å². The number of ether oxygens (including phenoxy) is 1. The molecule has 122 valence electrons. The van der Waals surface area contributed by atoms with E-state index in [1.807, 2.05) is 66.7 Å². The lowest BCUT2D eigenvalue weighted by Gasteiger charge is -2.07. The van der Waals surface area contributed by atoms with Crippen LogP contribution < -0.4 is 10.1 Å². The van der Waals surface area contributed by atoms with E-state index in [-0.39, 0.29) is 5.91 Å². The number of thioether (sulfide) groups is 1. The number of carbonyl (C=O) groups is 1. The number of amides is 1. The van der Waals surface area contributed by atoms with Crippen molar-refractivity contribution < 1.29 is 9.53 Å². The van der Waals surface area contributed by atoms with E-state index in [2.05, 4.69) is 10.3 Å². The van der Waals surface area contributed by atoms with Gasteiger partial charge in [-0.25, -0.2) is 4.98 Å². The zero-order valence-electron chi connectivity index (χ0n) is 13.1. The summed E-state index contributed by atoms with van der Waals surface area (Å²) in [4.78, 5) is 16.4. The van der Waals surface area contributed by atoms with Crippen LogP contribution in [0, 0.1) is 0 Å². The Bertz CT molecular complexity index is 809. The first kappa shape index (κ1) is 16.3. The van der Waals surface area contributed by atoms with Gasteiger partial charge in [0, 0.05) is 5.39 Å². The monoisotopic (exact) mass is 338 g/mol. The Hall–Kier alpha value is -2.53.